The largest absolute Gasteiger partial charge is 0.326 e. The molecule has 0 bridgehead atoms. The first-order valence-corrected chi connectivity index (χ1v) is 5.27. The van der Waals surface area contributed by atoms with E-state index in [1.165, 1.54) is 0 Å². The van der Waals surface area contributed by atoms with Crippen LogP contribution in [0.5, 0.6) is 0 Å². The molecule has 1 aromatic carbocycles. The Morgan fingerprint density at radius 1 is 1.40 bits per heavy atom. The highest BCUT2D eigenvalue weighted by Crippen LogP contribution is 2.19. The Kier molecular flexibility index (Phi) is 2.75. The number of nitrogens with two attached hydrogens (primary N) is 1. The molecule has 0 saturated carbocycles. The van der Waals surface area contributed by atoms with E-state index in [-0.39, 0.29) is 12.1 Å². The van der Waals surface area contributed by atoms with Crippen LogP contribution in [0.3, 0.4) is 0 Å². The third kappa shape index (κ3) is 1.88. The summed E-state index contributed by atoms with van der Waals surface area (Å²) in [4.78, 5) is 11.4. The Balaban J connectivity index is 2.55. The minimum absolute atomic E-state index is 0.145. The van der Waals surface area contributed by atoms with E-state index in [1.807, 2.05) is 24.3 Å². The minimum atomic E-state index is -0.145. The number of halogens is 1. The Hall–Kier alpha value is -1.33. The number of nitrogens with one attached hydrogen (secondary N) is 1. The molecule has 1 heterocycles. The maximum Gasteiger partial charge on any atom is 0.268 e. The zero-order valence-corrected chi connectivity index (χ0v) is 9.49. The van der Waals surface area contributed by atoms with Crippen molar-refractivity contribution in [1.82, 2.24) is 9.78 Å². The van der Waals surface area contributed by atoms with Crippen LogP contribution >= 0.6 is 15.9 Å². The van der Waals surface area contributed by atoms with Crippen molar-refractivity contribution in [1.29, 1.82) is 0 Å². The molecule has 0 saturated heterocycles. The van der Waals surface area contributed by atoms with Gasteiger partial charge in [-0.05, 0) is 28.1 Å². The summed E-state index contributed by atoms with van der Waals surface area (Å²) in [6.45, 7) is 0.243. The van der Waals surface area contributed by atoms with E-state index < -0.39 is 0 Å². The van der Waals surface area contributed by atoms with Gasteiger partial charge in [-0.3, -0.25) is 14.6 Å². The van der Waals surface area contributed by atoms with Crippen molar-refractivity contribution < 1.29 is 0 Å². The predicted molar refractivity (Wildman–Crippen MR) is 62.0 cm³/mol. The molecule has 0 radical (unpaired) electrons. The quantitative estimate of drug-likeness (QED) is 0.864. The van der Waals surface area contributed by atoms with E-state index in [4.69, 9.17) is 5.73 Å². The minimum Gasteiger partial charge on any atom is -0.326 e. The maximum atomic E-state index is 11.4. The van der Waals surface area contributed by atoms with Gasteiger partial charge in [-0.2, -0.15) is 0 Å². The number of rotatable bonds is 2. The van der Waals surface area contributed by atoms with Gasteiger partial charge in [0.1, 0.15) is 0 Å². The Morgan fingerprint density at radius 2 is 2.13 bits per heavy atom. The molecule has 3 N–H and O–H groups in total. The summed E-state index contributed by atoms with van der Waals surface area (Å²) in [5.41, 5.74) is 6.75. The lowest BCUT2D eigenvalue weighted by atomic mass is 10.3. The Bertz CT molecular complexity index is 529. The van der Waals surface area contributed by atoms with Crippen LogP contribution in [0, 0.1) is 0 Å². The highest BCUT2D eigenvalue weighted by molar-refractivity contribution is 9.10. The van der Waals surface area contributed by atoms with Crippen LogP contribution in [0.4, 0.5) is 0 Å². The van der Waals surface area contributed by atoms with Crippen LogP contribution in [0.25, 0.3) is 5.69 Å². The fraction of sp³-hybridized carbons (Fsp3) is 0.100. The summed E-state index contributed by atoms with van der Waals surface area (Å²) in [6.07, 6.45) is 1.71. The van der Waals surface area contributed by atoms with Gasteiger partial charge in [0.2, 0.25) is 0 Å². The molecular formula is C10H10BrN3O. The molecule has 1 aromatic heterocycles. The second kappa shape index (κ2) is 4.04. The highest BCUT2D eigenvalue weighted by atomic mass is 79.9. The molecule has 0 aliphatic carbocycles. The van der Waals surface area contributed by atoms with E-state index in [0.29, 0.717) is 5.56 Å². The lowest BCUT2D eigenvalue weighted by Crippen LogP contribution is -2.10. The topological polar surface area (TPSA) is 63.8 Å². The molecule has 15 heavy (non-hydrogen) atoms. The van der Waals surface area contributed by atoms with Crippen molar-refractivity contribution in [2.75, 3.05) is 0 Å². The van der Waals surface area contributed by atoms with Crippen LogP contribution < -0.4 is 11.3 Å². The zero-order valence-electron chi connectivity index (χ0n) is 7.90. The van der Waals surface area contributed by atoms with Crippen LogP contribution in [0.2, 0.25) is 0 Å². The van der Waals surface area contributed by atoms with Gasteiger partial charge >= 0.3 is 0 Å². The van der Waals surface area contributed by atoms with Crippen molar-refractivity contribution in [3.63, 3.8) is 0 Å². The molecular weight excluding hydrogens is 258 g/mol. The first-order chi connectivity index (χ1) is 7.22. The van der Waals surface area contributed by atoms with E-state index in [0.717, 1.165) is 10.2 Å². The number of hydrogen-bond donors (Lipinski definition) is 2. The van der Waals surface area contributed by atoms with Crippen LogP contribution in [0.1, 0.15) is 5.56 Å². The number of aromatic amines is 1. The summed E-state index contributed by atoms with van der Waals surface area (Å²) in [7, 11) is 0. The molecule has 0 aliphatic heterocycles. The smallest absolute Gasteiger partial charge is 0.268 e. The predicted octanol–water partition coefficient (Wildman–Crippen LogP) is 1.39. The van der Waals surface area contributed by atoms with E-state index in [2.05, 4.69) is 21.0 Å². The Morgan fingerprint density at radius 3 is 2.73 bits per heavy atom. The van der Waals surface area contributed by atoms with Gasteiger partial charge in [-0.25, -0.2) is 0 Å². The summed E-state index contributed by atoms with van der Waals surface area (Å²) < 4.78 is 2.58. The molecule has 0 aliphatic rings. The molecule has 4 nitrogen and oxygen atoms in total. The average molecular weight is 268 g/mol. The standard InChI is InChI=1S/C10H10BrN3O/c11-8-3-1-2-4-9(8)14-6-7(5-12)10(15)13-14/h1-4,6H,5,12H2,(H,13,15). The maximum absolute atomic E-state index is 11.4. The normalized spacial score (nSPS) is 10.5. The number of para-hydroxylation sites is 1. The highest BCUT2D eigenvalue weighted by Gasteiger charge is 2.05. The number of hydrogen-bond acceptors (Lipinski definition) is 2. The lowest BCUT2D eigenvalue weighted by Gasteiger charge is -2.03. The fourth-order valence-corrected chi connectivity index (χ4v) is 1.83. The van der Waals surface area contributed by atoms with E-state index in [9.17, 15) is 4.79 Å². The average Bonchev–Trinajstić information content (AvgIpc) is 2.60. The van der Waals surface area contributed by atoms with Gasteiger partial charge in [0.25, 0.3) is 5.56 Å². The van der Waals surface area contributed by atoms with Gasteiger partial charge in [-0.1, -0.05) is 12.1 Å². The lowest BCUT2D eigenvalue weighted by molar-refractivity contribution is 0.860. The van der Waals surface area contributed by atoms with E-state index >= 15 is 0 Å². The summed E-state index contributed by atoms with van der Waals surface area (Å²) in [5, 5.41) is 2.70. The van der Waals surface area contributed by atoms with Crippen molar-refractivity contribution in [3.05, 3.63) is 50.9 Å². The SMILES string of the molecule is NCc1cn(-c2ccccc2Br)[nH]c1=O. The van der Waals surface area contributed by atoms with Crippen LogP contribution in [-0.4, -0.2) is 9.78 Å². The molecule has 5 heteroatoms. The number of H-pyrrole nitrogens is 1. The molecule has 0 amide bonds. The van der Waals surface area contributed by atoms with Crippen molar-refractivity contribution in [2.45, 2.75) is 6.54 Å². The second-order valence-corrected chi connectivity index (χ2v) is 3.98. The molecule has 78 valence electrons. The van der Waals surface area contributed by atoms with Gasteiger partial charge < -0.3 is 5.73 Å². The van der Waals surface area contributed by atoms with Crippen molar-refractivity contribution in [3.8, 4) is 5.69 Å². The molecule has 0 atom stereocenters. The third-order valence-electron chi connectivity index (χ3n) is 2.13. The van der Waals surface area contributed by atoms with Crippen LogP contribution in [0.15, 0.2) is 39.7 Å². The molecule has 2 rings (SSSR count). The Labute approximate surface area is 94.8 Å². The first-order valence-electron chi connectivity index (χ1n) is 4.48. The van der Waals surface area contributed by atoms with Crippen molar-refractivity contribution >= 4 is 15.9 Å². The van der Waals surface area contributed by atoms with Gasteiger partial charge in [0.15, 0.2) is 0 Å². The van der Waals surface area contributed by atoms with Crippen LogP contribution in [-0.2, 0) is 6.54 Å². The van der Waals surface area contributed by atoms with Crippen molar-refractivity contribution in [2.24, 2.45) is 5.73 Å². The molecule has 2 aromatic rings. The number of benzene rings is 1. The molecule has 0 spiro atoms. The van der Waals surface area contributed by atoms with Gasteiger partial charge in [0, 0.05) is 17.2 Å². The third-order valence-corrected chi connectivity index (χ3v) is 2.80. The van der Waals surface area contributed by atoms with Gasteiger partial charge in [-0.15, -0.1) is 0 Å². The first kappa shape index (κ1) is 10.2. The molecule has 0 fully saturated rings. The monoisotopic (exact) mass is 267 g/mol. The summed E-state index contributed by atoms with van der Waals surface area (Å²) in [6, 6.07) is 7.63. The zero-order chi connectivity index (χ0) is 10.8. The number of nitrogens with zero attached hydrogens (tertiary/aromatic N) is 1. The fourth-order valence-electron chi connectivity index (χ4n) is 1.35. The summed E-state index contributed by atoms with van der Waals surface area (Å²) in [5.74, 6) is 0. The van der Waals surface area contributed by atoms with E-state index in [1.54, 1.807) is 10.9 Å². The second-order valence-electron chi connectivity index (χ2n) is 3.12. The number of aromatic nitrogens is 2. The summed E-state index contributed by atoms with van der Waals surface area (Å²) >= 11 is 3.41. The molecule has 0 unspecified atom stereocenters. The van der Waals surface area contributed by atoms with Gasteiger partial charge in [0.05, 0.1) is 11.3 Å².